The number of aromatic nitrogens is 3. The van der Waals surface area contributed by atoms with Crippen LogP contribution in [0, 0.1) is 6.92 Å². The third-order valence-corrected chi connectivity index (χ3v) is 4.78. The van der Waals surface area contributed by atoms with E-state index in [-0.39, 0.29) is 17.9 Å². The van der Waals surface area contributed by atoms with E-state index in [9.17, 15) is 4.79 Å². The molecule has 8 nitrogen and oxygen atoms in total. The summed E-state index contributed by atoms with van der Waals surface area (Å²) in [6, 6.07) is 7.39. The van der Waals surface area contributed by atoms with Crippen LogP contribution in [0.4, 0.5) is 0 Å². The molecule has 0 spiro atoms. The first-order chi connectivity index (χ1) is 13.1. The quantitative estimate of drug-likeness (QED) is 0.733. The van der Waals surface area contributed by atoms with E-state index in [4.69, 9.17) is 14.7 Å². The third-order valence-electron chi connectivity index (χ3n) is 4.78. The normalized spacial score (nSPS) is 19.6. The molecule has 0 aliphatic carbocycles. The second kappa shape index (κ2) is 7.32. The van der Waals surface area contributed by atoms with E-state index in [1.165, 1.54) is 0 Å². The van der Waals surface area contributed by atoms with Crippen molar-refractivity contribution in [1.82, 2.24) is 20.0 Å². The predicted molar refractivity (Wildman–Crippen MR) is 96.6 cm³/mol. The first-order valence-electron chi connectivity index (χ1n) is 8.93. The fourth-order valence-corrected chi connectivity index (χ4v) is 3.33. The summed E-state index contributed by atoms with van der Waals surface area (Å²) in [4.78, 5) is 22.7. The molecule has 27 heavy (non-hydrogen) atoms. The molecule has 8 heteroatoms. The van der Waals surface area contributed by atoms with E-state index in [1.54, 1.807) is 17.3 Å². The Morgan fingerprint density at radius 3 is 2.96 bits per heavy atom. The summed E-state index contributed by atoms with van der Waals surface area (Å²) in [5.74, 6) is 2.66. The molecule has 0 bridgehead atoms. The minimum Gasteiger partial charge on any atom is -0.466 e. The zero-order valence-electron chi connectivity index (χ0n) is 15.0. The first kappa shape index (κ1) is 17.4. The molecule has 2 N–H and O–H groups in total. The van der Waals surface area contributed by atoms with E-state index in [1.807, 2.05) is 31.2 Å². The molecule has 1 saturated heterocycles. The number of furan rings is 1. The monoisotopic (exact) mass is 367 g/mol. The van der Waals surface area contributed by atoms with Crippen LogP contribution in [0.3, 0.4) is 0 Å². The second-order valence-corrected chi connectivity index (χ2v) is 6.77. The maximum absolute atomic E-state index is 12.6. The molecule has 4 rings (SSSR count). The van der Waals surface area contributed by atoms with Gasteiger partial charge in [-0.3, -0.25) is 9.78 Å². The topological polar surface area (TPSA) is 111 Å². The number of nitrogens with two attached hydrogens (primary N) is 1. The van der Waals surface area contributed by atoms with Crippen molar-refractivity contribution in [2.45, 2.75) is 31.7 Å². The van der Waals surface area contributed by atoms with Gasteiger partial charge in [-0.2, -0.15) is 4.98 Å². The molecule has 0 unspecified atom stereocenters. The lowest BCUT2D eigenvalue weighted by molar-refractivity contribution is -0.130. The van der Waals surface area contributed by atoms with Crippen molar-refractivity contribution in [3.05, 3.63) is 54.1 Å². The molecule has 1 amide bonds. The van der Waals surface area contributed by atoms with Crippen LogP contribution < -0.4 is 5.73 Å². The maximum Gasteiger partial charge on any atom is 0.227 e. The van der Waals surface area contributed by atoms with E-state index < -0.39 is 0 Å². The Kier molecular flexibility index (Phi) is 4.72. The number of likely N-dealkylation sites (tertiary alicyclic amines) is 1. The van der Waals surface area contributed by atoms with E-state index >= 15 is 0 Å². The van der Waals surface area contributed by atoms with Gasteiger partial charge in [-0.05, 0) is 31.2 Å². The summed E-state index contributed by atoms with van der Waals surface area (Å²) in [6.45, 7) is 2.99. The van der Waals surface area contributed by atoms with Gasteiger partial charge < -0.3 is 19.6 Å². The zero-order valence-corrected chi connectivity index (χ0v) is 15.0. The SMILES string of the molecule is Cc1ccc([C@H]2CN(C(=O)CCc3nc(-c4cccnc4)no3)C[C@@H]2N)o1. The molecule has 3 aromatic rings. The van der Waals surface area contributed by atoms with Gasteiger partial charge in [0.15, 0.2) is 0 Å². The van der Waals surface area contributed by atoms with Crippen LogP contribution in [0.25, 0.3) is 11.4 Å². The molecule has 1 aliphatic rings. The summed E-state index contributed by atoms with van der Waals surface area (Å²) in [5, 5.41) is 3.94. The molecule has 2 atom stereocenters. The highest BCUT2D eigenvalue weighted by Crippen LogP contribution is 2.28. The van der Waals surface area contributed by atoms with Gasteiger partial charge in [0.1, 0.15) is 11.5 Å². The summed E-state index contributed by atoms with van der Waals surface area (Å²) >= 11 is 0. The predicted octanol–water partition coefficient (Wildman–Crippen LogP) is 1.92. The number of carbonyl (C=O) groups is 1. The van der Waals surface area contributed by atoms with Crippen molar-refractivity contribution in [3.63, 3.8) is 0 Å². The van der Waals surface area contributed by atoms with Crippen LogP contribution in [0.2, 0.25) is 0 Å². The van der Waals surface area contributed by atoms with Crippen molar-refractivity contribution in [2.75, 3.05) is 13.1 Å². The third kappa shape index (κ3) is 3.75. The minimum atomic E-state index is -0.125. The number of hydrogen-bond acceptors (Lipinski definition) is 7. The van der Waals surface area contributed by atoms with Crippen molar-refractivity contribution < 1.29 is 13.7 Å². The molecular weight excluding hydrogens is 346 g/mol. The van der Waals surface area contributed by atoms with Crippen molar-refractivity contribution in [3.8, 4) is 11.4 Å². The van der Waals surface area contributed by atoms with E-state index in [2.05, 4.69) is 15.1 Å². The Balaban J connectivity index is 1.34. The smallest absolute Gasteiger partial charge is 0.227 e. The average Bonchev–Trinajstić information content (AvgIpc) is 3.40. The summed E-state index contributed by atoms with van der Waals surface area (Å²) in [5.41, 5.74) is 7.00. The fraction of sp³-hybridized carbons (Fsp3) is 0.368. The molecule has 0 aromatic carbocycles. The Morgan fingerprint density at radius 1 is 1.33 bits per heavy atom. The Bertz CT molecular complexity index is 920. The van der Waals surface area contributed by atoms with Gasteiger partial charge in [0.25, 0.3) is 0 Å². The fourth-order valence-electron chi connectivity index (χ4n) is 3.33. The van der Waals surface area contributed by atoms with Gasteiger partial charge in [-0.1, -0.05) is 5.16 Å². The number of hydrogen-bond donors (Lipinski definition) is 1. The Labute approximate surface area is 156 Å². The highest BCUT2D eigenvalue weighted by Gasteiger charge is 2.35. The van der Waals surface area contributed by atoms with Crippen LogP contribution in [0.1, 0.15) is 29.7 Å². The molecule has 4 heterocycles. The molecule has 0 radical (unpaired) electrons. The summed E-state index contributed by atoms with van der Waals surface area (Å²) < 4.78 is 10.9. The van der Waals surface area contributed by atoms with Crippen LogP contribution in [-0.2, 0) is 11.2 Å². The largest absolute Gasteiger partial charge is 0.466 e. The van der Waals surface area contributed by atoms with Gasteiger partial charge in [-0.25, -0.2) is 0 Å². The van der Waals surface area contributed by atoms with Crippen molar-refractivity contribution >= 4 is 5.91 Å². The lowest BCUT2D eigenvalue weighted by atomic mass is 10.0. The summed E-state index contributed by atoms with van der Waals surface area (Å²) in [6.07, 6.45) is 4.04. The van der Waals surface area contributed by atoms with E-state index in [0.29, 0.717) is 37.6 Å². The van der Waals surface area contributed by atoms with Crippen LogP contribution >= 0.6 is 0 Å². The molecule has 0 saturated carbocycles. The van der Waals surface area contributed by atoms with Crippen LogP contribution in [-0.4, -0.2) is 45.1 Å². The number of carbonyl (C=O) groups excluding carboxylic acids is 1. The number of rotatable bonds is 5. The highest BCUT2D eigenvalue weighted by molar-refractivity contribution is 5.77. The molecule has 3 aromatic heterocycles. The van der Waals surface area contributed by atoms with Gasteiger partial charge in [0.05, 0.1) is 5.92 Å². The standard InChI is InChI=1S/C19H21N5O3/c1-12-4-5-16(26-12)14-10-24(11-15(14)20)18(25)7-6-17-22-19(23-27-17)13-3-2-8-21-9-13/h2-5,8-9,14-15H,6-7,10-11,20H2,1H3/t14-,15-/m0/s1. The first-order valence-corrected chi connectivity index (χ1v) is 8.93. The number of pyridine rings is 1. The summed E-state index contributed by atoms with van der Waals surface area (Å²) in [7, 11) is 0. The minimum absolute atomic E-state index is 0.0253. The van der Waals surface area contributed by atoms with Crippen molar-refractivity contribution in [1.29, 1.82) is 0 Å². The second-order valence-electron chi connectivity index (χ2n) is 6.77. The average molecular weight is 367 g/mol. The van der Waals surface area contributed by atoms with E-state index in [0.717, 1.165) is 17.1 Å². The zero-order chi connectivity index (χ0) is 18.8. The van der Waals surface area contributed by atoms with Gasteiger partial charge in [0.2, 0.25) is 17.6 Å². The molecule has 140 valence electrons. The van der Waals surface area contributed by atoms with Crippen LogP contribution in [0.15, 0.2) is 45.6 Å². The van der Waals surface area contributed by atoms with Gasteiger partial charge >= 0.3 is 0 Å². The van der Waals surface area contributed by atoms with Gasteiger partial charge in [-0.15, -0.1) is 0 Å². The molecular formula is C19H21N5O3. The van der Waals surface area contributed by atoms with Gasteiger partial charge in [0, 0.05) is 49.9 Å². The van der Waals surface area contributed by atoms with Crippen LogP contribution in [0.5, 0.6) is 0 Å². The number of amides is 1. The number of aryl methyl sites for hydroxylation is 2. The Hall–Kier alpha value is -3.00. The maximum atomic E-state index is 12.6. The van der Waals surface area contributed by atoms with Crippen molar-refractivity contribution in [2.24, 2.45) is 5.73 Å². The lowest BCUT2D eigenvalue weighted by Gasteiger charge is -2.15. The highest BCUT2D eigenvalue weighted by atomic mass is 16.5. The molecule has 1 fully saturated rings. The molecule has 1 aliphatic heterocycles. The number of nitrogens with zero attached hydrogens (tertiary/aromatic N) is 4. The Morgan fingerprint density at radius 2 is 2.22 bits per heavy atom. The lowest BCUT2D eigenvalue weighted by Crippen LogP contribution is -2.32.